The molecule has 0 spiro atoms. The summed E-state index contributed by atoms with van der Waals surface area (Å²) in [7, 11) is 0. The molecule has 2 aromatic rings. The molecule has 0 fully saturated rings. The van der Waals surface area contributed by atoms with Crippen molar-refractivity contribution in [3.05, 3.63) is 52.2 Å². The number of hydrogen-bond acceptors (Lipinski definition) is 5. The molecular weight excluding hydrogens is 767 g/mol. The molecule has 0 radical (unpaired) electrons. The Hall–Kier alpha value is -1.49. The number of anilines is 2. The van der Waals surface area contributed by atoms with E-state index in [4.69, 9.17) is 4.74 Å². The molecule has 3 N–H and O–H groups in total. The van der Waals surface area contributed by atoms with Crippen molar-refractivity contribution in [1.82, 2.24) is 5.32 Å². The molecule has 33 heavy (non-hydrogen) atoms. The highest BCUT2D eigenvalue weighted by molar-refractivity contribution is 14.1. The molecule has 0 heterocycles. The van der Waals surface area contributed by atoms with Gasteiger partial charge >= 0.3 is 5.97 Å². The van der Waals surface area contributed by atoms with E-state index in [0.29, 0.717) is 22.1 Å². The van der Waals surface area contributed by atoms with E-state index in [-0.39, 0.29) is 30.4 Å². The highest BCUT2D eigenvalue weighted by Gasteiger charge is 2.29. The molecule has 176 valence electrons. The summed E-state index contributed by atoms with van der Waals surface area (Å²) in [5, 5.41) is 8.24. The summed E-state index contributed by atoms with van der Waals surface area (Å²) < 4.78 is 6.75. The van der Waals surface area contributed by atoms with Crippen molar-refractivity contribution in [1.29, 1.82) is 0 Å². The monoisotopic (exact) mass is 789 g/mol. The van der Waals surface area contributed by atoms with Gasteiger partial charge in [0.05, 0.1) is 34.3 Å². The summed E-state index contributed by atoms with van der Waals surface area (Å²) in [4.78, 5) is 49.6. The molecule has 0 saturated heterocycles. The van der Waals surface area contributed by atoms with E-state index in [2.05, 4.69) is 16.0 Å². The first kappa shape index (κ1) is 27.8. The van der Waals surface area contributed by atoms with Gasteiger partial charge in [0.1, 0.15) is 6.04 Å². The van der Waals surface area contributed by atoms with E-state index in [1.807, 2.05) is 98.1 Å². The van der Waals surface area contributed by atoms with E-state index in [1.54, 1.807) is 6.92 Å². The van der Waals surface area contributed by atoms with E-state index in [1.165, 1.54) is 13.8 Å². The molecule has 11 heteroatoms. The SMILES string of the molecule is CCOC(=O)[C@H](Cc1ccccc1)NC(=O)c1c(I)c(NC(C)=O)c(I)c(NC(C)=O)c1I. The van der Waals surface area contributed by atoms with Crippen molar-refractivity contribution in [3.8, 4) is 0 Å². The topological polar surface area (TPSA) is 114 Å². The molecule has 2 aromatic carbocycles. The van der Waals surface area contributed by atoms with Crippen LogP contribution in [-0.2, 0) is 25.5 Å². The van der Waals surface area contributed by atoms with Gasteiger partial charge in [-0.1, -0.05) is 30.3 Å². The van der Waals surface area contributed by atoms with Crippen LogP contribution in [0.1, 0.15) is 36.7 Å². The Bertz CT molecular complexity index is 1030. The quantitative estimate of drug-likeness (QED) is 0.273. The zero-order valence-corrected chi connectivity index (χ0v) is 24.5. The second-order valence-electron chi connectivity index (χ2n) is 6.90. The molecule has 3 amide bonds. The van der Waals surface area contributed by atoms with Crippen molar-refractivity contribution in [3.63, 3.8) is 0 Å². The predicted octanol–water partition coefficient (Wildman–Crippen LogP) is 4.32. The fourth-order valence-electron chi connectivity index (χ4n) is 2.95. The second kappa shape index (κ2) is 12.8. The third kappa shape index (κ3) is 7.50. The average Bonchev–Trinajstić information content (AvgIpc) is 2.74. The van der Waals surface area contributed by atoms with E-state index in [9.17, 15) is 19.2 Å². The fraction of sp³-hybridized carbons (Fsp3) is 0.273. The van der Waals surface area contributed by atoms with Crippen LogP contribution in [-0.4, -0.2) is 36.3 Å². The second-order valence-corrected chi connectivity index (χ2v) is 10.1. The number of benzene rings is 2. The largest absolute Gasteiger partial charge is 0.464 e. The molecule has 1 atom stereocenters. The third-order valence-corrected chi connectivity index (χ3v) is 7.54. The molecule has 2 rings (SSSR count). The van der Waals surface area contributed by atoms with Crippen LogP contribution in [0.4, 0.5) is 11.4 Å². The van der Waals surface area contributed by atoms with Gasteiger partial charge in [0.25, 0.3) is 5.91 Å². The van der Waals surface area contributed by atoms with Crippen molar-refractivity contribution < 1.29 is 23.9 Å². The van der Waals surface area contributed by atoms with E-state index < -0.39 is 17.9 Å². The van der Waals surface area contributed by atoms with Crippen molar-refractivity contribution >= 4 is 103 Å². The highest BCUT2D eigenvalue weighted by Crippen LogP contribution is 2.39. The first-order chi connectivity index (χ1) is 15.6. The molecule has 0 saturated carbocycles. The molecule has 8 nitrogen and oxygen atoms in total. The zero-order chi connectivity index (χ0) is 24.7. The van der Waals surface area contributed by atoms with Crippen LogP contribution in [0, 0.1) is 10.7 Å². The van der Waals surface area contributed by atoms with Gasteiger partial charge in [-0.3, -0.25) is 14.4 Å². The lowest BCUT2D eigenvalue weighted by atomic mass is 10.0. The smallest absolute Gasteiger partial charge is 0.328 e. The van der Waals surface area contributed by atoms with Crippen LogP contribution in [0.2, 0.25) is 0 Å². The Labute approximate surface area is 232 Å². The number of halogens is 3. The van der Waals surface area contributed by atoms with Crippen molar-refractivity contribution in [2.24, 2.45) is 0 Å². The van der Waals surface area contributed by atoms with Gasteiger partial charge in [-0.15, -0.1) is 0 Å². The number of esters is 1. The molecule has 0 bridgehead atoms. The van der Waals surface area contributed by atoms with Crippen LogP contribution in [0.25, 0.3) is 0 Å². The summed E-state index contributed by atoms with van der Waals surface area (Å²) in [5.41, 5.74) is 1.93. The van der Waals surface area contributed by atoms with Gasteiger partial charge in [-0.25, -0.2) is 4.79 Å². The molecule has 0 aromatic heterocycles. The summed E-state index contributed by atoms with van der Waals surface area (Å²) in [6, 6.07) is 8.37. The highest BCUT2D eigenvalue weighted by atomic mass is 127. The summed E-state index contributed by atoms with van der Waals surface area (Å²) in [5.74, 6) is -1.71. The number of ether oxygens (including phenoxy) is 1. The summed E-state index contributed by atoms with van der Waals surface area (Å²) in [6.45, 7) is 4.60. The fourth-order valence-corrected chi connectivity index (χ4v) is 7.15. The van der Waals surface area contributed by atoms with Gasteiger partial charge in [0.2, 0.25) is 11.8 Å². The zero-order valence-electron chi connectivity index (χ0n) is 18.1. The van der Waals surface area contributed by atoms with Crippen LogP contribution in [0.5, 0.6) is 0 Å². The van der Waals surface area contributed by atoms with Crippen LogP contribution >= 0.6 is 67.8 Å². The maximum absolute atomic E-state index is 13.4. The molecular formula is C22H22I3N3O5. The summed E-state index contributed by atoms with van der Waals surface area (Å²) in [6.07, 6.45) is 0.250. The minimum atomic E-state index is -0.917. The van der Waals surface area contributed by atoms with Gasteiger partial charge in [-0.05, 0) is 80.3 Å². The maximum Gasteiger partial charge on any atom is 0.328 e. The number of nitrogens with one attached hydrogen (secondary N) is 3. The summed E-state index contributed by atoms with van der Waals surface area (Å²) >= 11 is 5.98. The standard InChI is InChI=1S/C22H22I3N3O5/c1-4-33-22(32)14(10-13-8-6-5-7-9-13)28-21(31)15-16(23)19(26-11(2)29)18(25)20(17(15)24)27-12(3)30/h5-9,14H,4,10H2,1-3H3,(H,26,29)(H,27,30)(H,28,31)/t14-/m0/s1. The van der Waals surface area contributed by atoms with E-state index in [0.717, 1.165) is 5.56 Å². The minimum Gasteiger partial charge on any atom is -0.464 e. The number of carbonyl (C=O) groups excluding carboxylic acids is 4. The lowest BCUT2D eigenvalue weighted by molar-refractivity contribution is -0.145. The Kier molecular flexibility index (Phi) is 10.8. The van der Waals surface area contributed by atoms with Crippen molar-refractivity contribution in [2.45, 2.75) is 33.2 Å². The van der Waals surface area contributed by atoms with Gasteiger partial charge < -0.3 is 20.7 Å². The average molecular weight is 789 g/mol. The Morgan fingerprint density at radius 2 is 1.39 bits per heavy atom. The first-order valence-corrected chi connectivity index (χ1v) is 13.1. The Morgan fingerprint density at radius 1 is 0.879 bits per heavy atom. The first-order valence-electron chi connectivity index (χ1n) is 9.83. The van der Waals surface area contributed by atoms with Crippen molar-refractivity contribution in [2.75, 3.05) is 17.2 Å². The van der Waals surface area contributed by atoms with Gasteiger partial charge in [0, 0.05) is 20.3 Å². The number of hydrogen-bond donors (Lipinski definition) is 3. The maximum atomic E-state index is 13.4. The normalized spacial score (nSPS) is 11.3. The van der Waals surface area contributed by atoms with Crippen LogP contribution in [0.15, 0.2) is 30.3 Å². The lowest BCUT2D eigenvalue weighted by Crippen LogP contribution is -2.44. The van der Waals surface area contributed by atoms with Gasteiger partial charge in [0.15, 0.2) is 0 Å². The Morgan fingerprint density at radius 3 is 1.85 bits per heavy atom. The third-order valence-electron chi connectivity index (χ3n) is 4.31. The Balaban J connectivity index is 2.53. The van der Waals surface area contributed by atoms with Gasteiger partial charge in [-0.2, -0.15) is 0 Å². The lowest BCUT2D eigenvalue weighted by Gasteiger charge is -2.22. The van der Waals surface area contributed by atoms with Crippen LogP contribution in [0.3, 0.4) is 0 Å². The predicted molar refractivity (Wildman–Crippen MR) is 151 cm³/mol. The molecule has 0 unspecified atom stereocenters. The minimum absolute atomic E-state index is 0.179. The number of rotatable bonds is 8. The molecule has 0 aliphatic heterocycles. The molecule has 0 aliphatic rings. The van der Waals surface area contributed by atoms with Crippen LogP contribution < -0.4 is 16.0 Å². The van der Waals surface area contributed by atoms with E-state index >= 15 is 0 Å². The number of amides is 3. The molecule has 0 aliphatic carbocycles. The number of carbonyl (C=O) groups is 4.